The molecule has 12 heavy (non-hydrogen) atoms. The summed E-state index contributed by atoms with van der Waals surface area (Å²) >= 11 is 7.17. The Morgan fingerprint density at radius 3 is 3.08 bits per heavy atom. The van der Waals surface area contributed by atoms with E-state index in [1.165, 1.54) is 6.33 Å². The quantitative estimate of drug-likeness (QED) is 0.424. The second-order valence-electron chi connectivity index (χ2n) is 2.34. The van der Waals surface area contributed by atoms with Crippen LogP contribution in [0.3, 0.4) is 0 Å². The first-order valence-corrected chi connectivity index (χ1v) is 4.95. The molecule has 1 rings (SSSR count). The van der Waals surface area contributed by atoms with Crippen LogP contribution in [0, 0.1) is 0 Å². The Kier molecular flexibility index (Phi) is 3.62. The van der Waals surface area contributed by atoms with Gasteiger partial charge in [0.15, 0.2) is 5.16 Å². The first kappa shape index (κ1) is 9.61. The van der Waals surface area contributed by atoms with Crippen molar-refractivity contribution < 1.29 is 0 Å². The van der Waals surface area contributed by atoms with E-state index >= 15 is 0 Å². The summed E-state index contributed by atoms with van der Waals surface area (Å²) in [6.07, 6.45) is 1.53. The van der Waals surface area contributed by atoms with Gasteiger partial charge in [0.2, 0.25) is 0 Å². The molecule has 0 spiro atoms. The first-order valence-electron chi connectivity index (χ1n) is 3.43. The summed E-state index contributed by atoms with van der Waals surface area (Å²) in [5.41, 5.74) is 1.00. The summed E-state index contributed by atoms with van der Waals surface area (Å²) in [6, 6.07) is 0. The van der Waals surface area contributed by atoms with E-state index in [1.807, 2.05) is 7.05 Å². The number of rotatable bonds is 4. The molecule has 1 aromatic rings. The Morgan fingerprint density at radius 2 is 2.58 bits per heavy atom. The Hall–Kier alpha value is -0.480. The number of nitrogens with zero attached hydrogens (tertiary/aromatic N) is 3. The number of aromatic nitrogens is 3. The van der Waals surface area contributed by atoms with Crippen LogP contribution in [-0.2, 0) is 7.05 Å². The number of hydrogen-bond donors (Lipinski definition) is 0. The van der Waals surface area contributed by atoms with Crippen LogP contribution in [0.4, 0.5) is 0 Å². The van der Waals surface area contributed by atoms with Crippen LogP contribution >= 0.6 is 23.4 Å². The molecule has 0 aliphatic carbocycles. The van der Waals surface area contributed by atoms with Crippen molar-refractivity contribution >= 4 is 23.4 Å². The third kappa shape index (κ3) is 2.53. The zero-order valence-electron chi connectivity index (χ0n) is 6.83. The predicted octanol–water partition coefficient (Wildman–Crippen LogP) is 1.70. The van der Waals surface area contributed by atoms with E-state index in [2.05, 4.69) is 16.7 Å². The van der Waals surface area contributed by atoms with Crippen LogP contribution in [-0.4, -0.2) is 26.4 Å². The molecule has 0 fully saturated rings. The van der Waals surface area contributed by atoms with Gasteiger partial charge in [0.05, 0.1) is 0 Å². The van der Waals surface area contributed by atoms with Gasteiger partial charge in [0.1, 0.15) is 6.33 Å². The normalized spacial score (nSPS) is 10.2. The molecule has 66 valence electrons. The third-order valence-electron chi connectivity index (χ3n) is 1.26. The fraction of sp³-hybridized carbons (Fsp3) is 0.429. The average Bonchev–Trinajstić information content (AvgIpc) is 2.47. The molecule has 0 aromatic carbocycles. The SMILES string of the molecule is C=C(CCl)CSc1ncnn1C. The van der Waals surface area contributed by atoms with Crippen molar-refractivity contribution in [1.29, 1.82) is 0 Å². The number of halogens is 1. The number of hydrogen-bond acceptors (Lipinski definition) is 3. The molecule has 0 aliphatic rings. The van der Waals surface area contributed by atoms with Crippen molar-refractivity contribution in [2.75, 3.05) is 11.6 Å². The molecule has 0 N–H and O–H groups in total. The van der Waals surface area contributed by atoms with Crippen LogP contribution in [0.25, 0.3) is 0 Å². The largest absolute Gasteiger partial charge is 0.244 e. The lowest BCUT2D eigenvalue weighted by atomic mass is 10.4. The summed E-state index contributed by atoms with van der Waals surface area (Å²) < 4.78 is 1.73. The number of aryl methyl sites for hydroxylation is 1. The van der Waals surface area contributed by atoms with Crippen molar-refractivity contribution in [3.8, 4) is 0 Å². The summed E-state index contributed by atoms with van der Waals surface area (Å²) in [7, 11) is 1.86. The van der Waals surface area contributed by atoms with E-state index in [0.29, 0.717) is 5.88 Å². The lowest BCUT2D eigenvalue weighted by molar-refractivity contribution is 0.685. The van der Waals surface area contributed by atoms with E-state index in [0.717, 1.165) is 16.5 Å². The molecule has 0 radical (unpaired) electrons. The molecule has 0 saturated heterocycles. The lowest BCUT2D eigenvalue weighted by Gasteiger charge is -1.99. The van der Waals surface area contributed by atoms with Gasteiger partial charge >= 0.3 is 0 Å². The Morgan fingerprint density at radius 1 is 1.83 bits per heavy atom. The van der Waals surface area contributed by atoms with Crippen LogP contribution in [0.2, 0.25) is 0 Å². The molecule has 0 saturated carbocycles. The van der Waals surface area contributed by atoms with Crippen molar-refractivity contribution in [1.82, 2.24) is 14.8 Å². The van der Waals surface area contributed by atoms with Gasteiger partial charge in [0, 0.05) is 18.7 Å². The molecular formula is C7H10ClN3S. The highest BCUT2D eigenvalue weighted by molar-refractivity contribution is 7.99. The highest BCUT2D eigenvalue weighted by atomic mass is 35.5. The van der Waals surface area contributed by atoms with Crippen LogP contribution in [0.1, 0.15) is 0 Å². The molecule has 3 nitrogen and oxygen atoms in total. The number of alkyl halides is 1. The van der Waals surface area contributed by atoms with E-state index in [4.69, 9.17) is 11.6 Å². The van der Waals surface area contributed by atoms with E-state index in [9.17, 15) is 0 Å². The van der Waals surface area contributed by atoms with Gasteiger partial charge in [-0.2, -0.15) is 5.10 Å². The second kappa shape index (κ2) is 4.52. The minimum atomic E-state index is 0.505. The maximum absolute atomic E-state index is 5.58. The highest BCUT2D eigenvalue weighted by Crippen LogP contribution is 2.16. The van der Waals surface area contributed by atoms with Gasteiger partial charge in [-0.1, -0.05) is 23.9 Å². The Bertz CT molecular complexity index is 271. The summed E-state index contributed by atoms with van der Waals surface area (Å²) in [6.45, 7) is 3.79. The van der Waals surface area contributed by atoms with E-state index < -0.39 is 0 Å². The zero-order valence-corrected chi connectivity index (χ0v) is 8.40. The third-order valence-corrected chi connectivity index (χ3v) is 2.82. The number of thioether (sulfide) groups is 1. The fourth-order valence-electron chi connectivity index (χ4n) is 0.621. The fourth-order valence-corrected chi connectivity index (χ4v) is 1.62. The van der Waals surface area contributed by atoms with Crippen molar-refractivity contribution in [2.24, 2.45) is 7.05 Å². The van der Waals surface area contributed by atoms with Crippen LogP contribution < -0.4 is 0 Å². The van der Waals surface area contributed by atoms with Crippen LogP contribution in [0.5, 0.6) is 0 Å². The van der Waals surface area contributed by atoms with Gasteiger partial charge in [-0.3, -0.25) is 0 Å². The zero-order chi connectivity index (χ0) is 8.97. The standard InChI is InChI=1S/C7H10ClN3S/c1-6(3-8)4-12-7-9-5-10-11(7)2/h5H,1,3-4H2,2H3. The molecule has 0 aliphatic heterocycles. The smallest absolute Gasteiger partial charge is 0.186 e. The molecule has 1 heterocycles. The minimum Gasteiger partial charge on any atom is -0.244 e. The molecule has 0 bridgehead atoms. The highest BCUT2D eigenvalue weighted by Gasteiger charge is 2.01. The van der Waals surface area contributed by atoms with Gasteiger partial charge in [-0.25, -0.2) is 9.67 Å². The first-order chi connectivity index (χ1) is 5.74. The maximum atomic E-state index is 5.58. The van der Waals surface area contributed by atoms with Crippen LogP contribution in [0.15, 0.2) is 23.6 Å². The van der Waals surface area contributed by atoms with Crippen molar-refractivity contribution in [2.45, 2.75) is 5.16 Å². The molecule has 0 atom stereocenters. The summed E-state index contributed by atoms with van der Waals surface area (Å²) in [4.78, 5) is 4.05. The van der Waals surface area contributed by atoms with Crippen molar-refractivity contribution in [3.63, 3.8) is 0 Å². The van der Waals surface area contributed by atoms with E-state index in [-0.39, 0.29) is 0 Å². The Labute approximate surface area is 80.8 Å². The predicted molar refractivity (Wildman–Crippen MR) is 51.6 cm³/mol. The monoisotopic (exact) mass is 203 g/mol. The topological polar surface area (TPSA) is 30.7 Å². The van der Waals surface area contributed by atoms with Gasteiger partial charge in [-0.05, 0) is 0 Å². The lowest BCUT2D eigenvalue weighted by Crippen LogP contribution is -1.95. The average molecular weight is 204 g/mol. The minimum absolute atomic E-state index is 0.505. The Balaban J connectivity index is 2.43. The molecule has 0 amide bonds. The molecule has 0 unspecified atom stereocenters. The van der Waals surface area contributed by atoms with Gasteiger partial charge in [0.25, 0.3) is 0 Å². The molecular weight excluding hydrogens is 194 g/mol. The van der Waals surface area contributed by atoms with E-state index in [1.54, 1.807) is 16.4 Å². The maximum Gasteiger partial charge on any atom is 0.186 e. The van der Waals surface area contributed by atoms with Gasteiger partial charge < -0.3 is 0 Å². The van der Waals surface area contributed by atoms with Crippen molar-refractivity contribution in [3.05, 3.63) is 18.5 Å². The molecule has 5 heteroatoms. The summed E-state index contributed by atoms with van der Waals surface area (Å²) in [5, 5.41) is 4.83. The van der Waals surface area contributed by atoms with Gasteiger partial charge in [-0.15, -0.1) is 11.6 Å². The summed E-state index contributed by atoms with van der Waals surface area (Å²) in [5.74, 6) is 1.31. The second-order valence-corrected chi connectivity index (χ2v) is 3.55. The molecule has 1 aromatic heterocycles.